The molecule has 0 aromatic carbocycles. The fourth-order valence-corrected chi connectivity index (χ4v) is 1.74. The Morgan fingerprint density at radius 1 is 1.33 bits per heavy atom. The predicted molar refractivity (Wildman–Crippen MR) is 50.3 cm³/mol. The largest absolute Gasteiger partial charge is 0.157 e. The van der Waals surface area contributed by atoms with Crippen LogP contribution in [-0.4, -0.2) is 12.7 Å². The van der Waals surface area contributed by atoms with Crippen LogP contribution in [0.1, 0.15) is 34.1 Å². The maximum atomic E-state index is 2.34. The van der Waals surface area contributed by atoms with Gasteiger partial charge in [-0.3, -0.25) is 0 Å². The van der Waals surface area contributed by atoms with E-state index in [0.29, 0.717) is 0 Å². The molecule has 54 valence electrons. The minimum Gasteiger partial charge on any atom is -0.157 e. The zero-order valence-corrected chi connectivity index (χ0v) is 8.07. The molecule has 0 saturated heterocycles. The van der Waals surface area contributed by atoms with Gasteiger partial charge in [0.1, 0.15) is 0 Å². The van der Waals surface area contributed by atoms with Gasteiger partial charge in [-0.2, -0.15) is 8.46 Å². The Morgan fingerprint density at radius 2 is 1.89 bits per heavy atom. The van der Waals surface area contributed by atoms with Crippen LogP contribution in [0.15, 0.2) is 0 Å². The van der Waals surface area contributed by atoms with Crippen LogP contribution >= 0.6 is 8.46 Å². The van der Waals surface area contributed by atoms with E-state index in [9.17, 15) is 0 Å². The second kappa shape index (κ2) is 5.29. The van der Waals surface area contributed by atoms with Crippen molar-refractivity contribution in [3.05, 3.63) is 0 Å². The van der Waals surface area contributed by atoms with Crippen LogP contribution in [-0.2, 0) is 0 Å². The van der Waals surface area contributed by atoms with E-state index in [-0.39, 0.29) is 0 Å². The third kappa shape index (κ3) is 6.38. The average Bonchev–Trinajstić information content (AvgIpc) is 1.83. The molecule has 9 heavy (non-hydrogen) atoms. The summed E-state index contributed by atoms with van der Waals surface area (Å²) in [6.07, 6.45) is 1.35. The second-order valence-electron chi connectivity index (χ2n) is 3.08. The molecule has 0 aliphatic heterocycles. The summed E-state index contributed by atoms with van der Waals surface area (Å²) in [5.41, 5.74) is 0.916. The third-order valence-corrected chi connectivity index (χ3v) is 3.32. The van der Waals surface area contributed by atoms with Crippen molar-refractivity contribution in [3.63, 3.8) is 0 Å². The van der Waals surface area contributed by atoms with Gasteiger partial charge in [-0.25, -0.2) is 0 Å². The van der Waals surface area contributed by atoms with Crippen molar-refractivity contribution in [2.75, 3.05) is 0 Å². The van der Waals surface area contributed by atoms with Crippen LogP contribution in [0.2, 0.25) is 5.82 Å². The SMILES string of the molecule is CCC(C)BPC(C)C. The molecule has 0 rings (SSSR count). The summed E-state index contributed by atoms with van der Waals surface area (Å²) in [6, 6.07) is 0. The van der Waals surface area contributed by atoms with Gasteiger partial charge in [0.25, 0.3) is 0 Å². The normalized spacial score (nSPS) is 15.2. The summed E-state index contributed by atoms with van der Waals surface area (Å²) >= 11 is 0. The van der Waals surface area contributed by atoms with Gasteiger partial charge in [0.2, 0.25) is 0 Å². The van der Waals surface area contributed by atoms with E-state index in [1.165, 1.54) is 21.9 Å². The number of hydrogen-bond acceptors (Lipinski definition) is 0. The molecule has 0 radical (unpaired) electrons. The average molecular weight is 144 g/mol. The summed E-state index contributed by atoms with van der Waals surface area (Å²) in [5.74, 6) is 0.950. The van der Waals surface area contributed by atoms with Gasteiger partial charge in [-0.1, -0.05) is 39.9 Å². The molecule has 0 aromatic rings. The summed E-state index contributed by atoms with van der Waals surface area (Å²) < 4.78 is 0. The molecule has 0 heterocycles. The lowest BCUT2D eigenvalue weighted by atomic mass is 9.86. The lowest BCUT2D eigenvalue weighted by Gasteiger charge is -2.07. The molecule has 0 bridgehead atoms. The zero-order valence-electron chi connectivity index (χ0n) is 7.07. The van der Waals surface area contributed by atoms with Crippen molar-refractivity contribution >= 4 is 15.5 Å². The third-order valence-electron chi connectivity index (χ3n) is 1.57. The summed E-state index contributed by atoms with van der Waals surface area (Å²) in [6.45, 7) is 10.7. The lowest BCUT2D eigenvalue weighted by Crippen LogP contribution is -1.95. The summed E-state index contributed by atoms with van der Waals surface area (Å²) in [7, 11) is 1.18. The highest BCUT2D eigenvalue weighted by Crippen LogP contribution is 2.22. The highest BCUT2D eigenvalue weighted by atomic mass is 31.1. The predicted octanol–water partition coefficient (Wildman–Crippen LogP) is 2.64. The van der Waals surface area contributed by atoms with Gasteiger partial charge in [-0.15, -0.1) is 0 Å². The van der Waals surface area contributed by atoms with Crippen molar-refractivity contribution < 1.29 is 0 Å². The Hall–Kier alpha value is 0.495. The molecular formula is C7H18BP. The molecule has 0 spiro atoms. The van der Waals surface area contributed by atoms with Gasteiger partial charge in [0.05, 0.1) is 0 Å². The van der Waals surface area contributed by atoms with Crippen molar-refractivity contribution in [2.45, 2.75) is 45.6 Å². The maximum absolute atomic E-state index is 2.34. The first-order valence-corrected chi connectivity index (χ1v) is 5.18. The Balaban J connectivity index is 3.06. The van der Waals surface area contributed by atoms with Crippen LogP contribution in [0, 0.1) is 0 Å². The first kappa shape index (κ1) is 9.49. The van der Waals surface area contributed by atoms with Crippen LogP contribution < -0.4 is 0 Å². The number of rotatable bonds is 4. The monoisotopic (exact) mass is 144 g/mol. The van der Waals surface area contributed by atoms with E-state index in [1.807, 2.05) is 0 Å². The van der Waals surface area contributed by atoms with Crippen LogP contribution in [0.25, 0.3) is 0 Å². The van der Waals surface area contributed by atoms with Gasteiger partial charge in [0, 0.05) is 0 Å². The van der Waals surface area contributed by atoms with Gasteiger partial charge in [0.15, 0.2) is 7.00 Å². The Bertz CT molecular complexity index is 63.9. The van der Waals surface area contributed by atoms with Gasteiger partial charge < -0.3 is 0 Å². The first-order valence-electron chi connectivity index (χ1n) is 3.90. The maximum Gasteiger partial charge on any atom is 0.151 e. The Kier molecular flexibility index (Phi) is 5.58. The van der Waals surface area contributed by atoms with E-state index in [4.69, 9.17) is 0 Å². The highest BCUT2D eigenvalue weighted by molar-refractivity contribution is 7.71. The molecule has 0 fully saturated rings. The van der Waals surface area contributed by atoms with E-state index < -0.39 is 0 Å². The minimum atomic E-state index is 0.916. The fourth-order valence-electron chi connectivity index (χ4n) is 0.581. The van der Waals surface area contributed by atoms with Crippen molar-refractivity contribution in [2.24, 2.45) is 0 Å². The molecule has 0 aliphatic carbocycles. The van der Waals surface area contributed by atoms with Gasteiger partial charge in [-0.05, 0) is 5.66 Å². The smallest absolute Gasteiger partial charge is 0.151 e. The molecule has 0 aromatic heterocycles. The van der Waals surface area contributed by atoms with Crippen LogP contribution in [0.3, 0.4) is 0 Å². The Labute approximate surface area is 61.8 Å². The van der Waals surface area contributed by atoms with Crippen LogP contribution in [0.4, 0.5) is 0 Å². The zero-order chi connectivity index (χ0) is 7.28. The van der Waals surface area contributed by atoms with Crippen molar-refractivity contribution in [1.82, 2.24) is 0 Å². The van der Waals surface area contributed by atoms with Crippen molar-refractivity contribution in [3.8, 4) is 0 Å². The van der Waals surface area contributed by atoms with E-state index >= 15 is 0 Å². The molecule has 2 unspecified atom stereocenters. The molecule has 0 N–H and O–H groups in total. The molecule has 0 nitrogen and oxygen atoms in total. The quantitative estimate of drug-likeness (QED) is 0.420. The van der Waals surface area contributed by atoms with Crippen molar-refractivity contribution in [1.29, 1.82) is 0 Å². The molecule has 0 saturated carbocycles. The summed E-state index contributed by atoms with van der Waals surface area (Å²) in [4.78, 5) is 0. The first-order chi connectivity index (χ1) is 4.16. The standard InChI is InChI=1S/C7H18BP/c1-5-7(4)8-9-6(2)3/h6-9H,5H2,1-4H3. The lowest BCUT2D eigenvalue weighted by molar-refractivity contribution is 0.877. The van der Waals surface area contributed by atoms with Crippen LogP contribution in [0.5, 0.6) is 0 Å². The highest BCUT2D eigenvalue weighted by Gasteiger charge is 2.01. The van der Waals surface area contributed by atoms with E-state index in [0.717, 1.165) is 11.5 Å². The minimum absolute atomic E-state index is 0.916. The summed E-state index contributed by atoms with van der Waals surface area (Å²) in [5, 5.41) is 0. The molecule has 2 atom stereocenters. The topological polar surface area (TPSA) is 0 Å². The molecule has 0 amide bonds. The Morgan fingerprint density at radius 3 is 2.22 bits per heavy atom. The van der Waals surface area contributed by atoms with E-state index in [2.05, 4.69) is 27.7 Å². The van der Waals surface area contributed by atoms with E-state index in [1.54, 1.807) is 0 Å². The second-order valence-corrected chi connectivity index (χ2v) is 5.05. The number of hydrogen-bond donors (Lipinski definition) is 0. The molecule has 2 heteroatoms. The molecular weight excluding hydrogens is 126 g/mol. The fraction of sp³-hybridized carbons (Fsp3) is 1.00. The van der Waals surface area contributed by atoms with Gasteiger partial charge >= 0.3 is 0 Å². The molecule has 0 aliphatic rings.